The minimum absolute atomic E-state index is 0.0783. The number of rotatable bonds is 3. The van der Waals surface area contributed by atoms with Gasteiger partial charge in [0.2, 0.25) is 0 Å². The van der Waals surface area contributed by atoms with Crippen LogP contribution in [0, 0.1) is 0 Å². The molecule has 106 valence electrons. The second-order valence-electron chi connectivity index (χ2n) is 4.58. The Hall–Kier alpha value is -3.35. The van der Waals surface area contributed by atoms with Gasteiger partial charge in [-0.25, -0.2) is 4.98 Å². The van der Waals surface area contributed by atoms with E-state index in [-0.39, 0.29) is 17.6 Å². The number of carbonyl (C=O) groups is 1. The molecule has 0 fully saturated rings. The number of hydrogen-bond acceptors (Lipinski definition) is 6. The lowest BCUT2D eigenvalue weighted by Gasteiger charge is -1.94. The van der Waals surface area contributed by atoms with Gasteiger partial charge in [0, 0.05) is 29.5 Å². The lowest BCUT2D eigenvalue weighted by Crippen LogP contribution is -2.00. The number of nitrogens with one attached hydrogen (secondary N) is 1. The van der Waals surface area contributed by atoms with E-state index in [4.69, 9.17) is 4.42 Å². The van der Waals surface area contributed by atoms with E-state index in [9.17, 15) is 4.79 Å². The smallest absolute Gasteiger partial charge is 0.289 e. The Morgan fingerprint density at radius 3 is 2.91 bits per heavy atom. The van der Waals surface area contributed by atoms with Gasteiger partial charge >= 0.3 is 0 Å². The molecular formula is C15H9N5O2. The van der Waals surface area contributed by atoms with Crippen LogP contribution in [-0.2, 0) is 0 Å². The number of H-pyrrole nitrogens is 1. The van der Waals surface area contributed by atoms with Gasteiger partial charge in [0.05, 0.1) is 11.8 Å². The summed E-state index contributed by atoms with van der Waals surface area (Å²) < 4.78 is 5.42. The minimum Gasteiger partial charge on any atom is -0.412 e. The molecule has 0 spiro atoms. The Morgan fingerprint density at radius 1 is 1.14 bits per heavy atom. The van der Waals surface area contributed by atoms with Gasteiger partial charge in [-0.1, -0.05) is 18.2 Å². The number of aromatic nitrogens is 5. The van der Waals surface area contributed by atoms with Gasteiger partial charge in [0.1, 0.15) is 5.69 Å². The fraction of sp³-hybridized carbons (Fsp3) is 0. The molecule has 0 saturated heterocycles. The summed E-state index contributed by atoms with van der Waals surface area (Å²) in [4.78, 5) is 23.5. The summed E-state index contributed by atoms with van der Waals surface area (Å²) in [6, 6.07) is 7.52. The first kappa shape index (κ1) is 12.4. The number of carbonyl (C=O) groups excluding carboxylic acids is 1. The van der Waals surface area contributed by atoms with Crippen molar-refractivity contribution in [2.75, 3.05) is 0 Å². The van der Waals surface area contributed by atoms with E-state index >= 15 is 0 Å². The van der Waals surface area contributed by atoms with E-state index in [1.807, 2.05) is 24.3 Å². The van der Waals surface area contributed by atoms with E-state index in [2.05, 4.69) is 25.1 Å². The van der Waals surface area contributed by atoms with Crippen molar-refractivity contribution >= 4 is 16.7 Å². The van der Waals surface area contributed by atoms with Crippen LogP contribution in [0.3, 0.4) is 0 Å². The highest BCUT2D eigenvalue weighted by Crippen LogP contribution is 2.22. The minimum atomic E-state index is -0.333. The van der Waals surface area contributed by atoms with Gasteiger partial charge in [0.25, 0.3) is 17.6 Å². The van der Waals surface area contributed by atoms with Crippen molar-refractivity contribution in [1.82, 2.24) is 25.1 Å². The zero-order valence-corrected chi connectivity index (χ0v) is 11.2. The Balaban J connectivity index is 1.73. The molecule has 0 saturated carbocycles. The number of nitrogens with zero attached hydrogens (tertiary/aromatic N) is 4. The van der Waals surface area contributed by atoms with E-state index in [1.165, 1.54) is 18.6 Å². The largest absolute Gasteiger partial charge is 0.412 e. The van der Waals surface area contributed by atoms with Crippen LogP contribution in [0.4, 0.5) is 0 Å². The number of benzene rings is 1. The lowest BCUT2D eigenvalue weighted by molar-refractivity contribution is 0.100. The van der Waals surface area contributed by atoms with E-state index in [0.717, 1.165) is 10.9 Å². The first-order valence-corrected chi connectivity index (χ1v) is 6.53. The van der Waals surface area contributed by atoms with Crippen molar-refractivity contribution in [3.63, 3.8) is 0 Å². The predicted octanol–water partition coefficient (Wildman–Crippen LogP) is 2.24. The molecule has 0 aliphatic rings. The predicted molar refractivity (Wildman–Crippen MR) is 77.1 cm³/mol. The van der Waals surface area contributed by atoms with E-state index in [0.29, 0.717) is 11.3 Å². The number of ketones is 1. The summed E-state index contributed by atoms with van der Waals surface area (Å²) in [6.07, 6.45) is 6.19. The monoisotopic (exact) mass is 291 g/mol. The Labute approximate surface area is 124 Å². The first-order chi connectivity index (χ1) is 10.8. The molecule has 0 amide bonds. The highest BCUT2D eigenvalue weighted by molar-refractivity contribution is 6.14. The van der Waals surface area contributed by atoms with Crippen molar-refractivity contribution in [3.05, 3.63) is 60.5 Å². The molecular weight excluding hydrogens is 282 g/mol. The SMILES string of the molecule is O=C(c1nnc(-c2cnccn2)o1)c1c[nH]c2ccccc12. The van der Waals surface area contributed by atoms with Gasteiger partial charge in [-0.3, -0.25) is 9.78 Å². The Morgan fingerprint density at radius 2 is 2.05 bits per heavy atom. The van der Waals surface area contributed by atoms with Crippen LogP contribution in [0.25, 0.3) is 22.5 Å². The molecule has 3 heterocycles. The fourth-order valence-electron chi connectivity index (χ4n) is 2.20. The quantitative estimate of drug-likeness (QED) is 0.581. The Bertz CT molecular complexity index is 958. The van der Waals surface area contributed by atoms with Crippen LogP contribution in [0.1, 0.15) is 16.2 Å². The van der Waals surface area contributed by atoms with Gasteiger partial charge in [0.15, 0.2) is 0 Å². The van der Waals surface area contributed by atoms with Crippen molar-refractivity contribution in [3.8, 4) is 11.6 Å². The summed E-state index contributed by atoms with van der Waals surface area (Å²) in [7, 11) is 0. The van der Waals surface area contributed by atoms with Crippen LogP contribution in [0.5, 0.6) is 0 Å². The molecule has 7 heteroatoms. The fourth-order valence-corrected chi connectivity index (χ4v) is 2.20. The van der Waals surface area contributed by atoms with E-state index < -0.39 is 0 Å². The van der Waals surface area contributed by atoms with Crippen LogP contribution < -0.4 is 0 Å². The highest BCUT2D eigenvalue weighted by Gasteiger charge is 2.21. The molecule has 0 atom stereocenters. The number of para-hydroxylation sites is 1. The maximum atomic E-state index is 12.5. The summed E-state index contributed by atoms with van der Waals surface area (Å²) in [6.45, 7) is 0. The topological polar surface area (TPSA) is 97.6 Å². The molecule has 0 radical (unpaired) electrons. The molecule has 0 unspecified atom stereocenters. The van der Waals surface area contributed by atoms with Gasteiger partial charge < -0.3 is 9.40 Å². The van der Waals surface area contributed by atoms with Crippen molar-refractivity contribution in [1.29, 1.82) is 0 Å². The second-order valence-corrected chi connectivity index (χ2v) is 4.58. The van der Waals surface area contributed by atoms with E-state index in [1.54, 1.807) is 6.20 Å². The molecule has 4 aromatic rings. The summed E-state index contributed by atoms with van der Waals surface area (Å²) in [5.41, 5.74) is 1.79. The zero-order valence-electron chi connectivity index (χ0n) is 11.2. The maximum Gasteiger partial charge on any atom is 0.289 e. The van der Waals surface area contributed by atoms with Crippen molar-refractivity contribution < 1.29 is 9.21 Å². The summed E-state index contributed by atoms with van der Waals surface area (Å²) in [5.74, 6) is -0.248. The summed E-state index contributed by atoms with van der Waals surface area (Å²) in [5, 5.41) is 8.47. The standard InChI is InChI=1S/C15H9N5O2/c21-13(10-7-18-11-4-2-1-3-9(10)11)15-20-19-14(22-15)12-8-16-5-6-17-12/h1-8,18H. The normalized spacial score (nSPS) is 10.9. The van der Waals surface area contributed by atoms with Crippen molar-refractivity contribution in [2.45, 2.75) is 0 Å². The number of hydrogen-bond donors (Lipinski definition) is 1. The zero-order chi connectivity index (χ0) is 14.9. The third-order valence-electron chi connectivity index (χ3n) is 3.24. The average molecular weight is 291 g/mol. The van der Waals surface area contributed by atoms with Crippen LogP contribution in [0.15, 0.2) is 53.5 Å². The maximum absolute atomic E-state index is 12.5. The number of aromatic amines is 1. The average Bonchev–Trinajstić information content (AvgIpc) is 3.22. The van der Waals surface area contributed by atoms with Crippen molar-refractivity contribution in [2.24, 2.45) is 0 Å². The van der Waals surface area contributed by atoms with Gasteiger partial charge in [-0.05, 0) is 6.07 Å². The summed E-state index contributed by atoms with van der Waals surface area (Å²) >= 11 is 0. The second kappa shape index (κ2) is 4.88. The molecule has 4 rings (SSSR count). The van der Waals surface area contributed by atoms with Gasteiger partial charge in [-0.15, -0.1) is 10.2 Å². The number of fused-ring (bicyclic) bond motifs is 1. The molecule has 0 bridgehead atoms. The third-order valence-corrected chi connectivity index (χ3v) is 3.24. The first-order valence-electron chi connectivity index (χ1n) is 6.53. The lowest BCUT2D eigenvalue weighted by atomic mass is 10.1. The molecule has 1 N–H and O–H groups in total. The van der Waals surface area contributed by atoms with Crippen LogP contribution in [0.2, 0.25) is 0 Å². The van der Waals surface area contributed by atoms with Gasteiger partial charge in [-0.2, -0.15) is 0 Å². The molecule has 0 aliphatic carbocycles. The van der Waals surface area contributed by atoms with Crippen LogP contribution in [-0.4, -0.2) is 30.9 Å². The molecule has 0 aliphatic heterocycles. The molecule has 3 aromatic heterocycles. The van der Waals surface area contributed by atoms with Crippen LogP contribution >= 0.6 is 0 Å². The molecule has 1 aromatic carbocycles. The Kier molecular flexibility index (Phi) is 2.75. The molecule has 7 nitrogen and oxygen atoms in total. The highest BCUT2D eigenvalue weighted by atomic mass is 16.4. The third kappa shape index (κ3) is 1.96. The molecule has 22 heavy (non-hydrogen) atoms.